The molecule has 0 radical (unpaired) electrons. The van der Waals surface area contributed by atoms with Crippen LogP contribution in [0.5, 0.6) is 11.5 Å². The quantitative estimate of drug-likeness (QED) is 0.836. The third kappa shape index (κ3) is 2.62. The van der Waals surface area contributed by atoms with E-state index in [9.17, 15) is 0 Å². The highest BCUT2D eigenvalue weighted by atomic mass is 35.5. The number of pyridine rings is 1. The van der Waals surface area contributed by atoms with E-state index in [0.29, 0.717) is 27.2 Å². The Balaban J connectivity index is 2.37. The lowest BCUT2D eigenvalue weighted by Crippen LogP contribution is -1.94. The Labute approximate surface area is 109 Å². The van der Waals surface area contributed by atoms with Crippen LogP contribution in [0.2, 0.25) is 10.0 Å². The van der Waals surface area contributed by atoms with Crippen LogP contribution in [0.3, 0.4) is 0 Å². The van der Waals surface area contributed by atoms with Crippen molar-refractivity contribution in [3.05, 3.63) is 46.2 Å². The highest BCUT2D eigenvalue weighted by Gasteiger charge is 2.08. The predicted octanol–water partition coefficient (Wildman–Crippen LogP) is 4.07. The van der Waals surface area contributed by atoms with Gasteiger partial charge in [0.15, 0.2) is 5.75 Å². The number of nitrogen functional groups attached to an aromatic ring is 1. The molecule has 2 rings (SSSR count). The van der Waals surface area contributed by atoms with E-state index < -0.39 is 0 Å². The maximum absolute atomic E-state index is 5.91. The molecule has 0 aliphatic carbocycles. The van der Waals surface area contributed by atoms with E-state index in [0.717, 1.165) is 5.69 Å². The Morgan fingerprint density at radius 1 is 1.18 bits per heavy atom. The number of anilines is 1. The third-order valence-electron chi connectivity index (χ3n) is 2.23. The average molecular weight is 269 g/mol. The lowest BCUT2D eigenvalue weighted by molar-refractivity contribution is 0.478. The highest BCUT2D eigenvalue weighted by molar-refractivity contribution is 6.42. The zero-order chi connectivity index (χ0) is 12.4. The van der Waals surface area contributed by atoms with E-state index in [-0.39, 0.29) is 0 Å². The summed E-state index contributed by atoms with van der Waals surface area (Å²) >= 11 is 11.7. The standard InChI is InChI=1S/C12H10Cl2N2O/c1-7-11(3-2-4-16-7)17-12-6-9(14)8(13)5-10(12)15/h2-6H,15H2,1H3. The number of benzene rings is 1. The van der Waals surface area contributed by atoms with E-state index in [2.05, 4.69) is 4.98 Å². The predicted molar refractivity (Wildman–Crippen MR) is 69.9 cm³/mol. The number of aryl methyl sites for hydroxylation is 1. The van der Waals surface area contributed by atoms with Gasteiger partial charge in [0.05, 0.1) is 21.4 Å². The first-order valence-electron chi connectivity index (χ1n) is 4.92. The van der Waals surface area contributed by atoms with Crippen molar-refractivity contribution in [2.45, 2.75) is 6.92 Å². The van der Waals surface area contributed by atoms with Crippen LogP contribution in [0.4, 0.5) is 5.69 Å². The van der Waals surface area contributed by atoms with E-state index in [1.54, 1.807) is 24.4 Å². The molecular formula is C12H10Cl2N2O. The first kappa shape index (κ1) is 12.0. The molecule has 2 N–H and O–H groups in total. The summed E-state index contributed by atoms with van der Waals surface area (Å²) in [6, 6.07) is 6.75. The monoisotopic (exact) mass is 268 g/mol. The Kier molecular flexibility index (Phi) is 3.41. The van der Waals surface area contributed by atoms with E-state index in [1.165, 1.54) is 0 Å². The number of nitrogens with zero attached hydrogens (tertiary/aromatic N) is 1. The molecule has 0 aliphatic rings. The fourth-order valence-electron chi connectivity index (χ4n) is 1.33. The van der Waals surface area contributed by atoms with Crippen molar-refractivity contribution in [3.8, 4) is 11.5 Å². The molecule has 0 bridgehead atoms. The number of rotatable bonds is 2. The molecule has 0 amide bonds. The van der Waals surface area contributed by atoms with Gasteiger partial charge in [-0.2, -0.15) is 0 Å². The number of hydrogen-bond acceptors (Lipinski definition) is 3. The molecule has 1 aromatic carbocycles. The summed E-state index contributed by atoms with van der Waals surface area (Å²) in [4.78, 5) is 4.12. The van der Waals surface area contributed by atoms with Gasteiger partial charge in [-0.3, -0.25) is 4.98 Å². The van der Waals surface area contributed by atoms with Crippen LogP contribution in [0.1, 0.15) is 5.69 Å². The van der Waals surface area contributed by atoms with Gasteiger partial charge in [-0.05, 0) is 25.1 Å². The van der Waals surface area contributed by atoms with Crippen LogP contribution in [-0.2, 0) is 0 Å². The number of aromatic nitrogens is 1. The summed E-state index contributed by atoms with van der Waals surface area (Å²) in [7, 11) is 0. The average Bonchev–Trinajstić information content (AvgIpc) is 2.29. The summed E-state index contributed by atoms with van der Waals surface area (Å²) in [6.07, 6.45) is 1.69. The minimum absolute atomic E-state index is 0.400. The van der Waals surface area contributed by atoms with Crippen molar-refractivity contribution in [3.63, 3.8) is 0 Å². The fourth-order valence-corrected chi connectivity index (χ4v) is 1.65. The first-order chi connectivity index (χ1) is 8.08. The van der Waals surface area contributed by atoms with Crippen LogP contribution in [0, 0.1) is 6.92 Å². The number of halogens is 2. The lowest BCUT2D eigenvalue weighted by Gasteiger charge is -2.10. The van der Waals surface area contributed by atoms with Crippen molar-refractivity contribution in [2.75, 3.05) is 5.73 Å². The topological polar surface area (TPSA) is 48.1 Å². The van der Waals surface area contributed by atoms with Crippen LogP contribution < -0.4 is 10.5 Å². The molecule has 0 saturated heterocycles. The number of ether oxygens (including phenoxy) is 1. The molecule has 2 aromatic rings. The van der Waals surface area contributed by atoms with Crippen molar-refractivity contribution in [1.82, 2.24) is 4.98 Å². The Morgan fingerprint density at radius 3 is 2.59 bits per heavy atom. The van der Waals surface area contributed by atoms with Crippen molar-refractivity contribution < 1.29 is 4.74 Å². The molecule has 1 aromatic heterocycles. The van der Waals surface area contributed by atoms with Crippen molar-refractivity contribution >= 4 is 28.9 Å². The molecule has 17 heavy (non-hydrogen) atoms. The minimum atomic E-state index is 0.400. The van der Waals surface area contributed by atoms with Gasteiger partial charge >= 0.3 is 0 Å². The third-order valence-corrected chi connectivity index (χ3v) is 2.95. The molecule has 0 saturated carbocycles. The number of nitrogens with two attached hydrogens (primary N) is 1. The van der Waals surface area contributed by atoms with Crippen LogP contribution >= 0.6 is 23.2 Å². The van der Waals surface area contributed by atoms with Crippen LogP contribution in [0.15, 0.2) is 30.5 Å². The summed E-state index contributed by atoms with van der Waals surface area (Å²) in [5, 5.41) is 0.803. The number of hydrogen-bond donors (Lipinski definition) is 1. The Hall–Kier alpha value is -1.45. The fraction of sp³-hybridized carbons (Fsp3) is 0.0833. The SMILES string of the molecule is Cc1ncccc1Oc1cc(Cl)c(Cl)cc1N. The van der Waals surface area contributed by atoms with Crippen LogP contribution in [-0.4, -0.2) is 4.98 Å². The van der Waals surface area contributed by atoms with Gasteiger partial charge in [0.1, 0.15) is 5.75 Å². The second-order valence-corrected chi connectivity index (χ2v) is 4.31. The van der Waals surface area contributed by atoms with E-state index in [1.807, 2.05) is 13.0 Å². The molecule has 5 heteroatoms. The maximum Gasteiger partial charge on any atom is 0.151 e. The molecule has 0 unspecified atom stereocenters. The lowest BCUT2D eigenvalue weighted by atomic mass is 10.3. The van der Waals surface area contributed by atoms with Crippen molar-refractivity contribution in [2.24, 2.45) is 0 Å². The molecule has 0 aliphatic heterocycles. The van der Waals surface area contributed by atoms with Gasteiger partial charge in [0, 0.05) is 12.3 Å². The van der Waals surface area contributed by atoms with Crippen molar-refractivity contribution in [1.29, 1.82) is 0 Å². The second-order valence-electron chi connectivity index (χ2n) is 3.49. The minimum Gasteiger partial charge on any atom is -0.453 e. The summed E-state index contributed by atoms with van der Waals surface area (Å²) in [6.45, 7) is 1.85. The second kappa shape index (κ2) is 4.82. The van der Waals surface area contributed by atoms with Gasteiger partial charge in [-0.25, -0.2) is 0 Å². The molecule has 0 atom stereocenters. The smallest absolute Gasteiger partial charge is 0.151 e. The van der Waals surface area contributed by atoms with Crippen LogP contribution in [0.25, 0.3) is 0 Å². The van der Waals surface area contributed by atoms with Gasteiger partial charge in [-0.1, -0.05) is 23.2 Å². The molecule has 88 valence electrons. The van der Waals surface area contributed by atoms with Gasteiger partial charge in [-0.15, -0.1) is 0 Å². The van der Waals surface area contributed by atoms with Gasteiger partial charge < -0.3 is 10.5 Å². The van der Waals surface area contributed by atoms with Gasteiger partial charge in [0.2, 0.25) is 0 Å². The van der Waals surface area contributed by atoms with E-state index >= 15 is 0 Å². The van der Waals surface area contributed by atoms with E-state index in [4.69, 9.17) is 33.7 Å². The largest absolute Gasteiger partial charge is 0.453 e. The summed E-state index contributed by atoms with van der Waals surface area (Å²) in [5.74, 6) is 1.10. The maximum atomic E-state index is 5.91. The molecule has 1 heterocycles. The normalized spacial score (nSPS) is 10.3. The molecular weight excluding hydrogens is 259 g/mol. The molecule has 0 spiro atoms. The van der Waals surface area contributed by atoms with Gasteiger partial charge in [0.25, 0.3) is 0 Å². The zero-order valence-electron chi connectivity index (χ0n) is 9.08. The Morgan fingerprint density at radius 2 is 1.88 bits per heavy atom. The molecule has 3 nitrogen and oxygen atoms in total. The zero-order valence-corrected chi connectivity index (χ0v) is 10.6. The summed E-state index contributed by atoms with van der Waals surface area (Å²) in [5.41, 5.74) is 7.01. The summed E-state index contributed by atoms with van der Waals surface area (Å²) < 4.78 is 5.65. The highest BCUT2D eigenvalue weighted by Crippen LogP contribution is 2.35. The first-order valence-corrected chi connectivity index (χ1v) is 5.67. The Bertz CT molecular complexity index is 558. The molecule has 0 fully saturated rings.